The van der Waals surface area contributed by atoms with Crippen molar-refractivity contribution in [3.63, 3.8) is 0 Å². The second-order valence-corrected chi connectivity index (χ2v) is 11.2. The van der Waals surface area contributed by atoms with Crippen LogP contribution < -0.4 is 9.62 Å². The van der Waals surface area contributed by atoms with Crippen LogP contribution in [0, 0.1) is 16.0 Å². The number of nitrogens with one attached hydrogen (secondary N) is 1. The van der Waals surface area contributed by atoms with Crippen molar-refractivity contribution >= 4 is 50.4 Å². The predicted octanol–water partition coefficient (Wildman–Crippen LogP) is 3.64. The average Bonchev–Trinajstić information content (AvgIpc) is 3.48. The quantitative estimate of drug-likeness (QED) is 0.360. The molecule has 3 aromatic rings. The van der Waals surface area contributed by atoms with Gasteiger partial charge in [0.2, 0.25) is 17.6 Å². The van der Waals surface area contributed by atoms with E-state index in [1.807, 2.05) is 6.92 Å². The molecule has 1 amide bonds. The number of carbonyl (C=O) groups excluding carboxylic acids is 1. The molecule has 0 aromatic carbocycles. The zero-order valence-corrected chi connectivity index (χ0v) is 20.3. The number of nitro groups is 1. The Labute approximate surface area is 204 Å². The van der Waals surface area contributed by atoms with Gasteiger partial charge in [-0.05, 0) is 25.0 Å². The second-order valence-electron chi connectivity index (χ2n) is 7.60. The van der Waals surface area contributed by atoms with Crippen molar-refractivity contribution in [2.75, 3.05) is 18.0 Å². The van der Waals surface area contributed by atoms with Crippen molar-refractivity contribution in [3.05, 3.63) is 50.8 Å². The summed E-state index contributed by atoms with van der Waals surface area (Å²) in [6.45, 7) is 2.51. The zero-order chi connectivity index (χ0) is 24.5. The van der Waals surface area contributed by atoms with Crippen molar-refractivity contribution in [1.29, 1.82) is 0 Å². The Morgan fingerprint density at radius 2 is 2.06 bits per heavy atom. The molecule has 14 heteroatoms. The molecule has 1 saturated heterocycles. The Morgan fingerprint density at radius 1 is 1.32 bits per heavy atom. The molecule has 0 aliphatic carbocycles. The van der Waals surface area contributed by atoms with Crippen LogP contribution in [-0.2, 0) is 21.2 Å². The number of halogens is 1. The molecule has 0 atom stereocenters. The smallest absolute Gasteiger partial charge is 0.312 e. The lowest BCUT2D eigenvalue weighted by atomic mass is 9.96. The first-order valence-electron chi connectivity index (χ1n) is 10.3. The predicted molar refractivity (Wildman–Crippen MR) is 125 cm³/mol. The van der Waals surface area contributed by atoms with Crippen LogP contribution in [0.4, 0.5) is 11.5 Å². The third-order valence-corrected chi connectivity index (χ3v) is 8.48. The molecule has 1 N–H and O–H groups in total. The summed E-state index contributed by atoms with van der Waals surface area (Å²) < 4.78 is 32.7. The lowest BCUT2D eigenvalue weighted by Gasteiger charge is -2.31. The van der Waals surface area contributed by atoms with Crippen LogP contribution in [-0.4, -0.2) is 42.3 Å². The molecule has 0 bridgehead atoms. The minimum absolute atomic E-state index is 0.0414. The summed E-state index contributed by atoms with van der Waals surface area (Å²) in [6.07, 6.45) is 4.30. The van der Waals surface area contributed by atoms with Gasteiger partial charge in [0.15, 0.2) is 0 Å². The Kier molecular flexibility index (Phi) is 6.86. The van der Waals surface area contributed by atoms with Crippen LogP contribution >= 0.6 is 22.9 Å². The fraction of sp³-hybridized carbons (Fsp3) is 0.350. The summed E-state index contributed by atoms with van der Waals surface area (Å²) >= 11 is 6.65. The maximum Gasteiger partial charge on any atom is 0.312 e. The normalized spacial score (nSPS) is 14.8. The third kappa shape index (κ3) is 5.05. The summed E-state index contributed by atoms with van der Waals surface area (Å²) in [6, 6.07) is 4.14. The number of oxazole rings is 1. The van der Waals surface area contributed by atoms with Gasteiger partial charge >= 0.3 is 5.69 Å². The topological polar surface area (TPSA) is 149 Å². The van der Waals surface area contributed by atoms with Crippen LogP contribution in [0.25, 0.3) is 11.5 Å². The molecule has 4 heterocycles. The molecule has 11 nitrogen and oxygen atoms in total. The fourth-order valence-electron chi connectivity index (χ4n) is 3.61. The number of pyridine rings is 1. The number of rotatable bonds is 7. The standard InChI is InChI=1S/C20H20ClN5O6S2/c1-2-14-11-23-20(32-14)13-9-15(26(28)29)18(22-10-13)25-7-5-12(6-8-25)19(27)24-34(30,31)17-4-3-16(21)33-17/h3-4,9-12H,2,5-8H2,1H3,(H,24,27). The monoisotopic (exact) mass is 525 g/mol. The number of amides is 1. The van der Waals surface area contributed by atoms with Gasteiger partial charge < -0.3 is 9.32 Å². The average molecular weight is 526 g/mol. The zero-order valence-electron chi connectivity index (χ0n) is 17.9. The van der Waals surface area contributed by atoms with E-state index >= 15 is 0 Å². The molecule has 1 aliphatic rings. The van der Waals surface area contributed by atoms with Gasteiger partial charge in [0.25, 0.3) is 10.0 Å². The van der Waals surface area contributed by atoms with Crippen molar-refractivity contribution in [2.45, 2.75) is 30.4 Å². The summed E-state index contributed by atoms with van der Waals surface area (Å²) in [7, 11) is -4.00. The van der Waals surface area contributed by atoms with Crippen LogP contribution in [0.5, 0.6) is 0 Å². The van der Waals surface area contributed by atoms with Gasteiger partial charge in [-0.25, -0.2) is 23.1 Å². The summed E-state index contributed by atoms with van der Waals surface area (Å²) in [5, 5.41) is 11.7. The molecule has 0 saturated carbocycles. The van der Waals surface area contributed by atoms with Gasteiger partial charge in [0.1, 0.15) is 9.97 Å². The number of carbonyl (C=O) groups is 1. The number of hydrogen-bond acceptors (Lipinski definition) is 10. The second kappa shape index (κ2) is 9.68. The molecule has 180 valence electrons. The number of aryl methyl sites for hydroxylation is 1. The van der Waals surface area contributed by atoms with Crippen LogP contribution in [0.2, 0.25) is 4.34 Å². The highest BCUT2D eigenvalue weighted by Gasteiger charge is 2.32. The molecule has 0 unspecified atom stereocenters. The van der Waals surface area contributed by atoms with Gasteiger partial charge in [0.05, 0.1) is 21.0 Å². The molecule has 1 aliphatic heterocycles. The van der Waals surface area contributed by atoms with Gasteiger partial charge in [-0.3, -0.25) is 14.9 Å². The van der Waals surface area contributed by atoms with Crippen molar-refractivity contribution in [1.82, 2.24) is 14.7 Å². The number of thiophene rings is 1. The molecular weight excluding hydrogens is 506 g/mol. The maximum absolute atomic E-state index is 12.6. The minimum Gasteiger partial charge on any atom is -0.441 e. The van der Waals surface area contributed by atoms with Crippen LogP contribution in [0.3, 0.4) is 0 Å². The lowest BCUT2D eigenvalue weighted by Crippen LogP contribution is -2.42. The molecule has 3 aromatic heterocycles. The first-order chi connectivity index (χ1) is 16.2. The SMILES string of the molecule is CCc1cnc(-c2cnc(N3CCC(C(=O)NS(=O)(=O)c4ccc(Cl)s4)CC3)c([N+](=O)[O-])c2)o1. The number of aromatic nitrogens is 2. The third-order valence-electron chi connectivity index (χ3n) is 5.41. The Morgan fingerprint density at radius 3 is 2.65 bits per heavy atom. The number of anilines is 1. The Hall–Kier alpha value is -3.03. The van der Waals surface area contributed by atoms with E-state index in [4.69, 9.17) is 16.0 Å². The van der Waals surface area contributed by atoms with Crippen molar-refractivity contribution in [2.24, 2.45) is 5.92 Å². The number of hydrogen-bond donors (Lipinski definition) is 1. The van der Waals surface area contributed by atoms with Gasteiger partial charge in [-0.15, -0.1) is 11.3 Å². The van der Waals surface area contributed by atoms with Gasteiger partial charge in [-0.1, -0.05) is 18.5 Å². The van der Waals surface area contributed by atoms with E-state index in [1.54, 1.807) is 11.1 Å². The van der Waals surface area contributed by atoms with Crippen molar-refractivity contribution < 1.29 is 22.6 Å². The lowest BCUT2D eigenvalue weighted by molar-refractivity contribution is -0.384. The first-order valence-corrected chi connectivity index (χ1v) is 13.0. The first kappa shape index (κ1) is 24.1. The Bertz CT molecular complexity index is 1330. The van der Waals surface area contributed by atoms with E-state index in [1.165, 1.54) is 24.4 Å². The summed E-state index contributed by atoms with van der Waals surface area (Å²) in [5.41, 5.74) is 0.192. The van der Waals surface area contributed by atoms with E-state index in [9.17, 15) is 23.3 Å². The van der Waals surface area contributed by atoms with E-state index in [-0.39, 0.29) is 21.6 Å². The van der Waals surface area contributed by atoms with Crippen molar-refractivity contribution in [3.8, 4) is 11.5 Å². The number of nitrogens with zero attached hydrogens (tertiary/aromatic N) is 4. The highest BCUT2D eigenvalue weighted by molar-refractivity contribution is 7.92. The molecule has 1 fully saturated rings. The molecule has 0 radical (unpaired) electrons. The largest absolute Gasteiger partial charge is 0.441 e. The minimum atomic E-state index is -4.00. The molecule has 4 rings (SSSR count). The highest BCUT2D eigenvalue weighted by Crippen LogP contribution is 2.33. The molecular formula is C20H20ClN5O6S2. The Balaban J connectivity index is 1.45. The number of sulfonamides is 1. The molecule has 0 spiro atoms. The van der Waals surface area contributed by atoms with Gasteiger partial charge in [-0.2, -0.15) is 0 Å². The van der Waals surface area contributed by atoms with E-state index in [0.29, 0.717) is 48.0 Å². The van der Waals surface area contributed by atoms with Crippen LogP contribution in [0.1, 0.15) is 25.5 Å². The summed E-state index contributed by atoms with van der Waals surface area (Å²) in [5.74, 6) is -0.0817. The maximum atomic E-state index is 12.6. The number of piperidine rings is 1. The molecule has 34 heavy (non-hydrogen) atoms. The van der Waals surface area contributed by atoms with Gasteiger partial charge in [0, 0.05) is 37.7 Å². The van der Waals surface area contributed by atoms with E-state index in [0.717, 1.165) is 11.3 Å². The highest BCUT2D eigenvalue weighted by atomic mass is 35.5. The van der Waals surface area contributed by atoms with E-state index in [2.05, 4.69) is 14.7 Å². The summed E-state index contributed by atoms with van der Waals surface area (Å²) in [4.78, 5) is 33.9. The van der Waals surface area contributed by atoms with E-state index < -0.39 is 26.8 Å². The fourth-order valence-corrected chi connectivity index (χ4v) is 6.13. The van der Waals surface area contributed by atoms with Crippen LogP contribution in [0.15, 0.2) is 39.2 Å².